The summed E-state index contributed by atoms with van der Waals surface area (Å²) in [6.45, 7) is 8.19. The Balaban J connectivity index is 2.41. The van der Waals surface area contributed by atoms with E-state index < -0.39 is 0 Å². The van der Waals surface area contributed by atoms with Gasteiger partial charge in [0.15, 0.2) is 0 Å². The molecular weight excluding hydrogens is 220 g/mol. The van der Waals surface area contributed by atoms with Gasteiger partial charge in [0.05, 0.1) is 0 Å². The summed E-state index contributed by atoms with van der Waals surface area (Å²) >= 11 is 0. The number of nitrogens with one attached hydrogen (secondary N) is 2. The second-order valence-corrected chi connectivity index (χ2v) is 4.49. The predicted molar refractivity (Wildman–Crippen MR) is 78.7 cm³/mol. The Morgan fingerprint density at radius 3 is 2.33 bits per heavy atom. The maximum absolute atomic E-state index is 3.45. The number of fused-ring (bicyclic) bond motifs is 1. The second kappa shape index (κ2) is 6.53. The van der Waals surface area contributed by atoms with Crippen LogP contribution in [0.2, 0.25) is 0 Å². The van der Waals surface area contributed by atoms with Crippen LogP contribution in [0.25, 0.3) is 10.8 Å². The monoisotopic (exact) mass is 242 g/mol. The Labute approximate surface area is 109 Å². The Hall–Kier alpha value is -1.38. The smallest absolute Gasteiger partial charge is 0.0214 e. The fraction of sp³-hybridized carbons (Fsp3) is 0.375. The molecule has 0 bridgehead atoms. The molecule has 2 aromatic carbocycles. The van der Waals surface area contributed by atoms with Gasteiger partial charge in [-0.15, -0.1) is 0 Å². The summed E-state index contributed by atoms with van der Waals surface area (Å²) in [6.07, 6.45) is 0. The lowest BCUT2D eigenvalue weighted by Crippen LogP contribution is -2.17. The van der Waals surface area contributed by atoms with E-state index in [0.717, 1.165) is 26.2 Å². The molecular formula is C16H22N2. The highest BCUT2D eigenvalue weighted by atomic mass is 14.9. The van der Waals surface area contributed by atoms with Crippen LogP contribution in [0.3, 0.4) is 0 Å². The first-order valence-corrected chi connectivity index (χ1v) is 6.77. The van der Waals surface area contributed by atoms with Crippen molar-refractivity contribution in [1.29, 1.82) is 0 Å². The molecule has 0 radical (unpaired) electrons. The number of hydrogen-bond donors (Lipinski definition) is 2. The van der Waals surface area contributed by atoms with Crippen LogP contribution in [0.4, 0.5) is 0 Å². The van der Waals surface area contributed by atoms with E-state index in [2.05, 4.69) is 60.9 Å². The van der Waals surface area contributed by atoms with Gasteiger partial charge in [-0.05, 0) is 35.0 Å². The molecule has 0 fully saturated rings. The van der Waals surface area contributed by atoms with Crippen molar-refractivity contribution < 1.29 is 0 Å². The van der Waals surface area contributed by atoms with Crippen LogP contribution >= 0.6 is 0 Å². The molecule has 2 rings (SSSR count). The minimum atomic E-state index is 0.943. The maximum Gasteiger partial charge on any atom is 0.0214 e. The maximum atomic E-state index is 3.45. The Morgan fingerprint density at radius 1 is 0.833 bits per heavy atom. The van der Waals surface area contributed by atoms with Gasteiger partial charge in [-0.2, -0.15) is 0 Å². The van der Waals surface area contributed by atoms with Gasteiger partial charge in [0.25, 0.3) is 0 Å². The third-order valence-corrected chi connectivity index (χ3v) is 3.25. The lowest BCUT2D eigenvalue weighted by atomic mass is 9.98. The molecule has 0 spiro atoms. The van der Waals surface area contributed by atoms with Crippen molar-refractivity contribution in [3.05, 3.63) is 47.5 Å². The molecule has 0 unspecified atom stereocenters. The lowest BCUT2D eigenvalue weighted by molar-refractivity contribution is 0.693. The van der Waals surface area contributed by atoms with E-state index in [4.69, 9.17) is 0 Å². The first-order chi connectivity index (χ1) is 8.86. The van der Waals surface area contributed by atoms with E-state index in [1.165, 1.54) is 21.9 Å². The van der Waals surface area contributed by atoms with Gasteiger partial charge in [-0.1, -0.05) is 50.2 Å². The molecule has 0 heterocycles. The van der Waals surface area contributed by atoms with Crippen LogP contribution < -0.4 is 10.6 Å². The van der Waals surface area contributed by atoms with Gasteiger partial charge in [0.1, 0.15) is 0 Å². The van der Waals surface area contributed by atoms with E-state index in [1.54, 1.807) is 0 Å². The topological polar surface area (TPSA) is 24.1 Å². The van der Waals surface area contributed by atoms with Crippen LogP contribution in [0.15, 0.2) is 36.4 Å². The third kappa shape index (κ3) is 2.89. The highest BCUT2D eigenvalue weighted by Gasteiger charge is 2.06. The molecule has 0 aliphatic carbocycles. The first-order valence-electron chi connectivity index (χ1n) is 6.77. The molecule has 0 aromatic heterocycles. The van der Waals surface area contributed by atoms with Gasteiger partial charge in [-0.3, -0.25) is 0 Å². The SMILES string of the molecule is CCNCc1ccc2ccccc2c1CNCC. The number of benzene rings is 2. The molecule has 2 aromatic rings. The van der Waals surface area contributed by atoms with Crippen molar-refractivity contribution in [2.24, 2.45) is 0 Å². The summed E-state index contributed by atoms with van der Waals surface area (Å²) in [7, 11) is 0. The zero-order chi connectivity index (χ0) is 12.8. The normalized spacial score (nSPS) is 11.0. The lowest BCUT2D eigenvalue weighted by Gasteiger charge is -2.14. The molecule has 0 atom stereocenters. The largest absolute Gasteiger partial charge is 0.313 e. The minimum absolute atomic E-state index is 0.943. The molecule has 2 heteroatoms. The Kier molecular flexibility index (Phi) is 4.73. The van der Waals surface area contributed by atoms with Gasteiger partial charge in [-0.25, -0.2) is 0 Å². The average molecular weight is 242 g/mol. The van der Waals surface area contributed by atoms with Crippen molar-refractivity contribution in [2.45, 2.75) is 26.9 Å². The van der Waals surface area contributed by atoms with Crippen molar-refractivity contribution in [2.75, 3.05) is 13.1 Å². The average Bonchev–Trinajstić information content (AvgIpc) is 2.43. The van der Waals surface area contributed by atoms with Crippen LogP contribution in [0.1, 0.15) is 25.0 Å². The summed E-state index contributed by atoms with van der Waals surface area (Å²) in [5.74, 6) is 0. The molecule has 0 saturated carbocycles. The molecule has 96 valence electrons. The summed E-state index contributed by atoms with van der Waals surface area (Å²) < 4.78 is 0. The molecule has 0 aliphatic heterocycles. The van der Waals surface area contributed by atoms with Crippen molar-refractivity contribution in [3.63, 3.8) is 0 Å². The highest BCUT2D eigenvalue weighted by molar-refractivity contribution is 5.86. The molecule has 2 N–H and O–H groups in total. The zero-order valence-electron chi connectivity index (χ0n) is 11.3. The Bertz CT molecular complexity index is 505. The van der Waals surface area contributed by atoms with Crippen LogP contribution in [0, 0.1) is 0 Å². The quantitative estimate of drug-likeness (QED) is 0.813. The fourth-order valence-corrected chi connectivity index (χ4v) is 2.27. The zero-order valence-corrected chi connectivity index (χ0v) is 11.3. The van der Waals surface area contributed by atoms with Gasteiger partial charge < -0.3 is 10.6 Å². The summed E-state index contributed by atoms with van der Waals surface area (Å²) in [5, 5.41) is 9.56. The van der Waals surface area contributed by atoms with E-state index in [-0.39, 0.29) is 0 Å². The van der Waals surface area contributed by atoms with Crippen molar-refractivity contribution >= 4 is 10.8 Å². The minimum Gasteiger partial charge on any atom is -0.313 e. The number of rotatable bonds is 6. The summed E-state index contributed by atoms with van der Waals surface area (Å²) in [6, 6.07) is 13.1. The summed E-state index contributed by atoms with van der Waals surface area (Å²) in [4.78, 5) is 0. The highest BCUT2D eigenvalue weighted by Crippen LogP contribution is 2.22. The van der Waals surface area contributed by atoms with Gasteiger partial charge >= 0.3 is 0 Å². The van der Waals surface area contributed by atoms with Crippen LogP contribution in [-0.4, -0.2) is 13.1 Å². The standard InChI is InChI=1S/C16H22N2/c1-3-17-11-14-10-9-13-7-5-6-8-15(13)16(14)12-18-4-2/h5-10,17-18H,3-4,11-12H2,1-2H3. The fourth-order valence-electron chi connectivity index (χ4n) is 2.27. The van der Waals surface area contributed by atoms with Crippen molar-refractivity contribution in [3.8, 4) is 0 Å². The van der Waals surface area contributed by atoms with Crippen LogP contribution in [-0.2, 0) is 13.1 Å². The third-order valence-electron chi connectivity index (χ3n) is 3.25. The van der Waals surface area contributed by atoms with E-state index in [9.17, 15) is 0 Å². The molecule has 0 saturated heterocycles. The molecule has 0 amide bonds. The molecule has 18 heavy (non-hydrogen) atoms. The van der Waals surface area contributed by atoms with E-state index >= 15 is 0 Å². The molecule has 2 nitrogen and oxygen atoms in total. The Morgan fingerprint density at radius 2 is 1.56 bits per heavy atom. The van der Waals surface area contributed by atoms with Crippen molar-refractivity contribution in [1.82, 2.24) is 10.6 Å². The first kappa shape index (κ1) is 13.1. The van der Waals surface area contributed by atoms with E-state index in [1.807, 2.05) is 0 Å². The summed E-state index contributed by atoms with van der Waals surface area (Å²) in [5.41, 5.74) is 2.83. The second-order valence-electron chi connectivity index (χ2n) is 4.49. The number of hydrogen-bond acceptors (Lipinski definition) is 2. The molecule has 0 aliphatic rings. The van der Waals surface area contributed by atoms with Gasteiger partial charge in [0, 0.05) is 13.1 Å². The predicted octanol–water partition coefficient (Wildman–Crippen LogP) is 3.06. The van der Waals surface area contributed by atoms with Crippen LogP contribution in [0.5, 0.6) is 0 Å². The van der Waals surface area contributed by atoms with E-state index in [0.29, 0.717) is 0 Å². The van der Waals surface area contributed by atoms with Gasteiger partial charge in [0.2, 0.25) is 0 Å².